The van der Waals surface area contributed by atoms with Crippen LogP contribution in [0.1, 0.15) is 30.6 Å². The summed E-state index contributed by atoms with van der Waals surface area (Å²) in [5, 5.41) is 11.6. The first kappa shape index (κ1) is 14.0. The molecule has 1 rings (SSSR count). The van der Waals surface area contributed by atoms with E-state index in [1.807, 2.05) is 6.92 Å². The normalized spacial score (nSPS) is 13.7. The van der Waals surface area contributed by atoms with E-state index in [9.17, 15) is 9.59 Å². The first-order valence-corrected chi connectivity index (χ1v) is 5.85. The number of nitrogen functional groups attached to an aromatic ring is 1. The van der Waals surface area contributed by atoms with Crippen molar-refractivity contribution >= 4 is 17.6 Å². The number of aliphatic carboxylic acids is 1. The molecule has 5 nitrogen and oxygen atoms in total. The van der Waals surface area contributed by atoms with E-state index in [1.165, 1.54) is 0 Å². The van der Waals surface area contributed by atoms with Gasteiger partial charge < -0.3 is 16.2 Å². The van der Waals surface area contributed by atoms with Gasteiger partial charge in [0.1, 0.15) is 6.04 Å². The number of carbonyl (C=O) groups excluding carboxylic acids is 1. The highest BCUT2D eigenvalue weighted by Crippen LogP contribution is 2.10. The molecule has 1 aromatic rings. The van der Waals surface area contributed by atoms with E-state index in [-0.39, 0.29) is 5.92 Å². The SMILES string of the molecule is CCC(C)C(NC(=O)c1ccc(N)cc1)C(=O)O. The van der Waals surface area contributed by atoms with Gasteiger partial charge in [-0.15, -0.1) is 0 Å². The van der Waals surface area contributed by atoms with Crippen molar-refractivity contribution < 1.29 is 14.7 Å². The lowest BCUT2D eigenvalue weighted by molar-refractivity contribution is -0.140. The summed E-state index contributed by atoms with van der Waals surface area (Å²) < 4.78 is 0. The Morgan fingerprint density at radius 3 is 2.33 bits per heavy atom. The number of nitrogens with one attached hydrogen (secondary N) is 1. The first-order chi connectivity index (χ1) is 8.45. The van der Waals surface area contributed by atoms with Crippen LogP contribution < -0.4 is 11.1 Å². The van der Waals surface area contributed by atoms with Crippen molar-refractivity contribution in [3.8, 4) is 0 Å². The van der Waals surface area contributed by atoms with Crippen molar-refractivity contribution in [3.05, 3.63) is 29.8 Å². The van der Waals surface area contributed by atoms with Gasteiger partial charge in [-0.1, -0.05) is 20.3 Å². The first-order valence-electron chi connectivity index (χ1n) is 5.85. The van der Waals surface area contributed by atoms with Crippen LogP contribution in [0.25, 0.3) is 0 Å². The average molecular weight is 250 g/mol. The Labute approximate surface area is 106 Å². The highest BCUT2D eigenvalue weighted by Gasteiger charge is 2.25. The molecule has 1 amide bonds. The predicted molar refractivity (Wildman–Crippen MR) is 69.2 cm³/mol. The molecule has 4 N–H and O–H groups in total. The molecule has 2 atom stereocenters. The summed E-state index contributed by atoms with van der Waals surface area (Å²) in [6, 6.07) is 5.47. The molecule has 0 aliphatic rings. The quantitative estimate of drug-likeness (QED) is 0.690. The molecule has 0 radical (unpaired) electrons. The molecule has 0 saturated heterocycles. The highest BCUT2D eigenvalue weighted by molar-refractivity contribution is 5.96. The Kier molecular flexibility index (Phi) is 4.71. The largest absolute Gasteiger partial charge is 0.480 e. The fourth-order valence-corrected chi connectivity index (χ4v) is 1.54. The Morgan fingerprint density at radius 2 is 1.89 bits per heavy atom. The number of hydrogen-bond acceptors (Lipinski definition) is 3. The predicted octanol–water partition coefficient (Wildman–Crippen LogP) is 1.50. The Hall–Kier alpha value is -2.04. The van der Waals surface area contributed by atoms with E-state index in [2.05, 4.69) is 5.32 Å². The second-order valence-corrected chi connectivity index (χ2v) is 4.30. The topological polar surface area (TPSA) is 92.4 Å². The van der Waals surface area contributed by atoms with Gasteiger partial charge in [-0.05, 0) is 30.2 Å². The maximum atomic E-state index is 11.9. The molecule has 0 aliphatic heterocycles. The van der Waals surface area contributed by atoms with Gasteiger partial charge in [-0.3, -0.25) is 4.79 Å². The summed E-state index contributed by atoms with van der Waals surface area (Å²) in [7, 11) is 0. The van der Waals surface area contributed by atoms with Crippen LogP contribution in [0.15, 0.2) is 24.3 Å². The van der Waals surface area contributed by atoms with Gasteiger partial charge in [-0.25, -0.2) is 4.79 Å². The number of hydrogen-bond donors (Lipinski definition) is 3. The lowest BCUT2D eigenvalue weighted by Gasteiger charge is -2.20. The molecule has 0 saturated carbocycles. The third-order valence-electron chi connectivity index (χ3n) is 2.94. The molecular formula is C13H18N2O3. The number of carboxylic acids is 1. The summed E-state index contributed by atoms with van der Waals surface area (Å²) in [4.78, 5) is 23.0. The van der Waals surface area contributed by atoms with E-state index >= 15 is 0 Å². The number of carbonyl (C=O) groups is 2. The number of anilines is 1. The van der Waals surface area contributed by atoms with Crippen LogP contribution >= 0.6 is 0 Å². The van der Waals surface area contributed by atoms with Gasteiger partial charge >= 0.3 is 5.97 Å². The summed E-state index contributed by atoms with van der Waals surface area (Å²) in [5.74, 6) is -1.55. The molecule has 98 valence electrons. The third-order valence-corrected chi connectivity index (χ3v) is 2.94. The molecule has 0 spiro atoms. The van der Waals surface area contributed by atoms with E-state index in [4.69, 9.17) is 10.8 Å². The number of carboxylic acid groups (broad SMARTS) is 1. The van der Waals surface area contributed by atoms with E-state index in [0.717, 1.165) is 0 Å². The fourth-order valence-electron chi connectivity index (χ4n) is 1.54. The minimum absolute atomic E-state index is 0.125. The number of amides is 1. The van der Waals surface area contributed by atoms with E-state index in [0.29, 0.717) is 17.7 Å². The number of nitrogens with two attached hydrogens (primary N) is 1. The minimum atomic E-state index is -1.02. The van der Waals surface area contributed by atoms with Gasteiger partial charge in [0.05, 0.1) is 0 Å². The zero-order valence-corrected chi connectivity index (χ0v) is 10.5. The zero-order valence-electron chi connectivity index (χ0n) is 10.5. The second-order valence-electron chi connectivity index (χ2n) is 4.30. The number of rotatable bonds is 5. The lowest BCUT2D eigenvalue weighted by atomic mass is 9.99. The standard InChI is InChI=1S/C13H18N2O3/c1-3-8(2)11(13(17)18)15-12(16)9-4-6-10(14)7-5-9/h4-8,11H,3,14H2,1-2H3,(H,15,16)(H,17,18). The summed E-state index contributed by atoms with van der Waals surface area (Å²) in [5.41, 5.74) is 6.48. The van der Waals surface area contributed by atoms with Crippen molar-refractivity contribution in [2.75, 3.05) is 5.73 Å². The van der Waals surface area contributed by atoms with Gasteiger partial charge in [0.25, 0.3) is 5.91 Å². The van der Waals surface area contributed by atoms with Crippen molar-refractivity contribution in [1.29, 1.82) is 0 Å². The summed E-state index contributed by atoms with van der Waals surface area (Å²) >= 11 is 0. The van der Waals surface area contributed by atoms with E-state index < -0.39 is 17.9 Å². The lowest BCUT2D eigenvalue weighted by Crippen LogP contribution is -2.45. The minimum Gasteiger partial charge on any atom is -0.480 e. The maximum Gasteiger partial charge on any atom is 0.326 e. The molecule has 5 heteroatoms. The fraction of sp³-hybridized carbons (Fsp3) is 0.385. The van der Waals surface area contributed by atoms with Crippen LogP contribution in [0.5, 0.6) is 0 Å². The monoisotopic (exact) mass is 250 g/mol. The number of benzene rings is 1. The van der Waals surface area contributed by atoms with Crippen molar-refractivity contribution in [2.24, 2.45) is 5.92 Å². The molecule has 2 unspecified atom stereocenters. The van der Waals surface area contributed by atoms with Gasteiger partial charge in [0.15, 0.2) is 0 Å². The Balaban J connectivity index is 2.78. The molecule has 1 aromatic carbocycles. The third kappa shape index (κ3) is 3.48. The second kappa shape index (κ2) is 6.05. The maximum absolute atomic E-state index is 11.9. The van der Waals surface area contributed by atoms with Crippen molar-refractivity contribution in [1.82, 2.24) is 5.32 Å². The molecule has 0 bridgehead atoms. The van der Waals surface area contributed by atoms with Crippen LogP contribution in [0.4, 0.5) is 5.69 Å². The molecule has 0 fully saturated rings. The molecular weight excluding hydrogens is 232 g/mol. The molecule has 18 heavy (non-hydrogen) atoms. The highest BCUT2D eigenvalue weighted by atomic mass is 16.4. The van der Waals surface area contributed by atoms with Crippen LogP contribution in [0.2, 0.25) is 0 Å². The van der Waals surface area contributed by atoms with Crippen molar-refractivity contribution in [2.45, 2.75) is 26.3 Å². The van der Waals surface area contributed by atoms with Crippen LogP contribution in [0, 0.1) is 5.92 Å². The van der Waals surface area contributed by atoms with Gasteiger partial charge in [-0.2, -0.15) is 0 Å². The van der Waals surface area contributed by atoms with E-state index in [1.54, 1.807) is 31.2 Å². The smallest absolute Gasteiger partial charge is 0.326 e. The molecule has 0 aliphatic carbocycles. The molecule has 0 heterocycles. The summed E-state index contributed by atoms with van der Waals surface area (Å²) in [6.07, 6.45) is 0.680. The Morgan fingerprint density at radius 1 is 1.33 bits per heavy atom. The van der Waals surface area contributed by atoms with Crippen molar-refractivity contribution in [3.63, 3.8) is 0 Å². The summed E-state index contributed by atoms with van der Waals surface area (Å²) in [6.45, 7) is 3.68. The Bertz CT molecular complexity index is 428. The average Bonchev–Trinajstić information content (AvgIpc) is 2.35. The van der Waals surface area contributed by atoms with Crippen LogP contribution in [-0.2, 0) is 4.79 Å². The molecule has 0 aromatic heterocycles. The zero-order chi connectivity index (χ0) is 13.7. The van der Waals surface area contributed by atoms with Crippen LogP contribution in [0.3, 0.4) is 0 Å². The van der Waals surface area contributed by atoms with Gasteiger partial charge in [0.2, 0.25) is 0 Å². The van der Waals surface area contributed by atoms with Gasteiger partial charge in [0, 0.05) is 11.3 Å². The van der Waals surface area contributed by atoms with Crippen LogP contribution in [-0.4, -0.2) is 23.0 Å².